The minimum absolute atomic E-state index is 0.256. The lowest BCUT2D eigenvalue weighted by Crippen LogP contribution is -2.26. The highest BCUT2D eigenvalue weighted by Gasteiger charge is 2.16. The monoisotopic (exact) mass is 277 g/mol. The highest BCUT2D eigenvalue weighted by molar-refractivity contribution is 5.39. The van der Waals surface area contributed by atoms with Crippen molar-refractivity contribution >= 4 is 0 Å². The van der Waals surface area contributed by atoms with Gasteiger partial charge >= 0.3 is 0 Å². The van der Waals surface area contributed by atoms with E-state index in [1.165, 1.54) is 24.0 Å². The van der Waals surface area contributed by atoms with Crippen LogP contribution in [0.5, 0.6) is 5.75 Å². The molecule has 0 saturated carbocycles. The Morgan fingerprint density at radius 2 is 2.25 bits per heavy atom. The maximum Gasteiger partial charge on any atom is 0.124 e. The summed E-state index contributed by atoms with van der Waals surface area (Å²) in [4.78, 5) is 0. The number of nitrogens with one attached hydrogen (secondary N) is 1. The van der Waals surface area contributed by atoms with Crippen molar-refractivity contribution in [2.45, 2.75) is 52.2 Å². The third-order valence-corrected chi connectivity index (χ3v) is 3.84. The van der Waals surface area contributed by atoms with Crippen molar-refractivity contribution in [1.82, 2.24) is 5.32 Å². The second-order valence-electron chi connectivity index (χ2n) is 5.62. The third kappa shape index (κ3) is 4.22. The average Bonchev–Trinajstić information content (AvgIpc) is 2.46. The number of rotatable bonds is 6. The van der Waals surface area contributed by atoms with Crippen LogP contribution in [0.25, 0.3) is 0 Å². The molecule has 1 aliphatic heterocycles. The molecule has 2 rings (SSSR count). The van der Waals surface area contributed by atoms with Gasteiger partial charge < -0.3 is 14.8 Å². The van der Waals surface area contributed by atoms with E-state index < -0.39 is 0 Å². The molecule has 0 radical (unpaired) electrons. The Hall–Kier alpha value is -1.06. The molecule has 0 aromatic heterocycles. The summed E-state index contributed by atoms with van der Waals surface area (Å²) in [6.45, 7) is 8.91. The molecule has 1 fully saturated rings. The molecule has 3 nitrogen and oxygen atoms in total. The Morgan fingerprint density at radius 1 is 1.40 bits per heavy atom. The van der Waals surface area contributed by atoms with Gasteiger partial charge in [0.25, 0.3) is 0 Å². The minimum Gasteiger partial charge on any atom is -0.491 e. The van der Waals surface area contributed by atoms with Crippen molar-refractivity contribution in [2.24, 2.45) is 0 Å². The van der Waals surface area contributed by atoms with Crippen molar-refractivity contribution in [2.75, 3.05) is 19.8 Å². The lowest BCUT2D eigenvalue weighted by molar-refractivity contribution is -0.0113. The molecule has 1 heterocycles. The SMILES string of the molecule is CCNC(C)c1ccc(C)cc1OCC1CCCCO1. The van der Waals surface area contributed by atoms with E-state index in [1.807, 2.05) is 0 Å². The van der Waals surface area contributed by atoms with Crippen LogP contribution < -0.4 is 10.1 Å². The molecule has 1 aliphatic rings. The van der Waals surface area contributed by atoms with Crippen molar-refractivity contribution in [3.63, 3.8) is 0 Å². The van der Waals surface area contributed by atoms with Crippen molar-refractivity contribution in [3.05, 3.63) is 29.3 Å². The Morgan fingerprint density at radius 3 is 2.95 bits per heavy atom. The molecule has 2 atom stereocenters. The van der Waals surface area contributed by atoms with E-state index in [2.05, 4.69) is 44.3 Å². The molecule has 3 heteroatoms. The molecule has 1 N–H and O–H groups in total. The third-order valence-electron chi connectivity index (χ3n) is 3.84. The van der Waals surface area contributed by atoms with E-state index >= 15 is 0 Å². The predicted octanol–water partition coefficient (Wildman–Crippen LogP) is 3.61. The zero-order valence-corrected chi connectivity index (χ0v) is 12.9. The summed E-state index contributed by atoms with van der Waals surface area (Å²) in [5.74, 6) is 0.993. The summed E-state index contributed by atoms with van der Waals surface area (Å²) in [7, 11) is 0. The van der Waals surface area contributed by atoms with Crippen LogP contribution in [0, 0.1) is 6.92 Å². The quantitative estimate of drug-likeness (QED) is 0.861. The van der Waals surface area contributed by atoms with Gasteiger partial charge in [-0.2, -0.15) is 0 Å². The van der Waals surface area contributed by atoms with E-state index in [-0.39, 0.29) is 6.10 Å². The fourth-order valence-corrected chi connectivity index (χ4v) is 2.66. The van der Waals surface area contributed by atoms with Crippen LogP contribution in [0.15, 0.2) is 18.2 Å². The molecule has 1 saturated heterocycles. The number of aryl methyl sites for hydroxylation is 1. The summed E-state index contributed by atoms with van der Waals surface area (Å²) < 4.78 is 11.8. The van der Waals surface area contributed by atoms with Crippen LogP contribution in [-0.2, 0) is 4.74 Å². The highest BCUT2D eigenvalue weighted by Crippen LogP contribution is 2.27. The minimum atomic E-state index is 0.256. The van der Waals surface area contributed by atoms with E-state index in [4.69, 9.17) is 9.47 Å². The lowest BCUT2D eigenvalue weighted by Gasteiger charge is -2.24. The molecule has 0 spiro atoms. The fourth-order valence-electron chi connectivity index (χ4n) is 2.66. The Bertz CT molecular complexity index is 413. The van der Waals surface area contributed by atoms with E-state index in [1.54, 1.807) is 0 Å². The molecule has 112 valence electrons. The van der Waals surface area contributed by atoms with Gasteiger partial charge in [-0.15, -0.1) is 0 Å². The van der Waals surface area contributed by atoms with Gasteiger partial charge in [0, 0.05) is 18.2 Å². The summed E-state index contributed by atoms with van der Waals surface area (Å²) in [5, 5.41) is 3.45. The maximum atomic E-state index is 6.06. The number of hydrogen-bond acceptors (Lipinski definition) is 3. The maximum absolute atomic E-state index is 6.06. The molecule has 0 bridgehead atoms. The normalized spacial score (nSPS) is 20.6. The first kappa shape index (κ1) is 15.3. The Balaban J connectivity index is 2.02. The van der Waals surface area contributed by atoms with Gasteiger partial charge in [-0.3, -0.25) is 0 Å². The van der Waals surface area contributed by atoms with Crippen LogP contribution >= 0.6 is 0 Å². The fraction of sp³-hybridized carbons (Fsp3) is 0.647. The van der Waals surface area contributed by atoms with Gasteiger partial charge in [-0.25, -0.2) is 0 Å². The smallest absolute Gasteiger partial charge is 0.124 e. The molecule has 2 unspecified atom stereocenters. The number of benzene rings is 1. The Kier molecular flexibility index (Phi) is 5.86. The van der Waals surface area contributed by atoms with Gasteiger partial charge in [-0.1, -0.05) is 19.1 Å². The van der Waals surface area contributed by atoms with Crippen LogP contribution in [0.4, 0.5) is 0 Å². The first-order valence-electron chi connectivity index (χ1n) is 7.79. The van der Waals surface area contributed by atoms with E-state index in [0.717, 1.165) is 25.3 Å². The molecule has 1 aromatic rings. The molecule has 0 amide bonds. The van der Waals surface area contributed by atoms with Gasteiger partial charge in [0.2, 0.25) is 0 Å². The Labute approximate surface area is 122 Å². The van der Waals surface area contributed by atoms with Crippen LogP contribution in [0.2, 0.25) is 0 Å². The second kappa shape index (κ2) is 7.65. The summed E-state index contributed by atoms with van der Waals surface area (Å²) >= 11 is 0. The molecule has 0 aliphatic carbocycles. The zero-order chi connectivity index (χ0) is 14.4. The van der Waals surface area contributed by atoms with E-state index in [9.17, 15) is 0 Å². The van der Waals surface area contributed by atoms with Crippen LogP contribution in [0.1, 0.15) is 50.3 Å². The summed E-state index contributed by atoms with van der Waals surface area (Å²) in [6, 6.07) is 6.75. The largest absolute Gasteiger partial charge is 0.491 e. The van der Waals surface area contributed by atoms with Gasteiger partial charge in [-0.05, 0) is 51.3 Å². The molecular formula is C17H27NO2. The van der Waals surface area contributed by atoms with Crippen LogP contribution in [0.3, 0.4) is 0 Å². The first-order chi connectivity index (χ1) is 9.70. The van der Waals surface area contributed by atoms with Crippen LogP contribution in [-0.4, -0.2) is 25.9 Å². The predicted molar refractivity (Wildman–Crippen MR) is 82.4 cm³/mol. The zero-order valence-electron chi connectivity index (χ0n) is 12.9. The second-order valence-corrected chi connectivity index (χ2v) is 5.62. The molecule has 20 heavy (non-hydrogen) atoms. The summed E-state index contributed by atoms with van der Waals surface area (Å²) in [5.41, 5.74) is 2.46. The number of hydrogen-bond donors (Lipinski definition) is 1. The van der Waals surface area contributed by atoms with Crippen molar-refractivity contribution in [1.29, 1.82) is 0 Å². The standard InChI is InChI=1S/C17H27NO2/c1-4-18-14(3)16-9-8-13(2)11-17(16)20-12-15-7-5-6-10-19-15/h8-9,11,14-15,18H,4-7,10,12H2,1-3H3. The van der Waals surface area contributed by atoms with E-state index in [0.29, 0.717) is 12.6 Å². The van der Waals surface area contributed by atoms with Crippen molar-refractivity contribution < 1.29 is 9.47 Å². The summed E-state index contributed by atoms with van der Waals surface area (Å²) in [6.07, 6.45) is 3.81. The molecular weight excluding hydrogens is 250 g/mol. The first-order valence-corrected chi connectivity index (χ1v) is 7.79. The molecule has 1 aromatic carbocycles. The van der Waals surface area contributed by atoms with Gasteiger partial charge in [0.1, 0.15) is 12.4 Å². The number of ether oxygens (including phenoxy) is 2. The average molecular weight is 277 g/mol. The highest BCUT2D eigenvalue weighted by atomic mass is 16.5. The topological polar surface area (TPSA) is 30.5 Å². The van der Waals surface area contributed by atoms with Gasteiger partial charge in [0.15, 0.2) is 0 Å². The lowest BCUT2D eigenvalue weighted by atomic mass is 10.0. The van der Waals surface area contributed by atoms with Crippen molar-refractivity contribution in [3.8, 4) is 5.75 Å². The van der Waals surface area contributed by atoms with Gasteiger partial charge in [0.05, 0.1) is 6.10 Å².